The zero-order valence-electron chi connectivity index (χ0n) is 9.23. The average molecular weight is 205 g/mol. The zero-order valence-corrected chi connectivity index (χ0v) is 9.23. The first-order valence-corrected chi connectivity index (χ1v) is 5.22. The van der Waals surface area contributed by atoms with E-state index in [1.165, 1.54) is 0 Å². The van der Waals surface area contributed by atoms with Crippen LogP contribution in [0.3, 0.4) is 0 Å². The first kappa shape index (κ1) is 11.8. The molecule has 1 rings (SSSR count). The van der Waals surface area contributed by atoms with Gasteiger partial charge < -0.3 is 9.92 Å². The minimum atomic E-state index is -0.0941. The van der Waals surface area contributed by atoms with Crippen molar-refractivity contribution in [2.45, 2.75) is 13.8 Å². The quantitative estimate of drug-likeness (QED) is 0.710. The molecule has 0 saturated heterocycles. The van der Waals surface area contributed by atoms with Crippen molar-refractivity contribution in [3.05, 3.63) is 29.8 Å². The number of carbonyl (C=O) groups excluding carboxylic acids is 1. The Labute approximate surface area is 91.0 Å². The van der Waals surface area contributed by atoms with Crippen LogP contribution in [0.2, 0.25) is 0 Å². The highest BCUT2D eigenvalue weighted by Crippen LogP contribution is 2.02. The molecule has 15 heavy (non-hydrogen) atoms. The number of benzene rings is 1. The Morgan fingerprint density at radius 2 is 1.93 bits per heavy atom. The lowest BCUT2D eigenvalue weighted by Gasteiger charge is -2.19. The van der Waals surface area contributed by atoms with E-state index in [4.69, 9.17) is 5.02 Å². The zero-order chi connectivity index (χ0) is 11.3. The summed E-state index contributed by atoms with van der Waals surface area (Å²) in [5.74, 6) is -0.00958. The minimum absolute atomic E-state index is 0.00958. The first-order valence-electron chi connectivity index (χ1n) is 5.22. The van der Waals surface area contributed by atoms with Crippen LogP contribution in [0.25, 0.3) is 0 Å². The molecule has 0 saturated carbocycles. The van der Waals surface area contributed by atoms with Crippen molar-refractivity contribution in [1.29, 1.82) is 0 Å². The van der Waals surface area contributed by atoms with Gasteiger partial charge in [-0.25, -0.2) is 0 Å². The largest absolute Gasteiger partial charge is 0.449 e. The number of rotatable bonds is 4. The van der Waals surface area contributed by atoms with Gasteiger partial charge in [-0.15, -0.1) is 0 Å². The third-order valence-electron chi connectivity index (χ3n) is 2.47. The van der Waals surface area contributed by atoms with E-state index in [2.05, 4.69) is 0 Å². The van der Waals surface area contributed by atoms with Gasteiger partial charge in [0, 0.05) is 18.7 Å². The summed E-state index contributed by atoms with van der Waals surface area (Å²) in [7, 11) is -0.0941. The van der Waals surface area contributed by atoms with Crippen molar-refractivity contribution in [1.82, 2.24) is 4.90 Å². The van der Waals surface area contributed by atoms with Gasteiger partial charge in [-0.1, -0.05) is 18.2 Å². The summed E-state index contributed by atoms with van der Waals surface area (Å²) in [6.45, 7) is 5.27. The lowest BCUT2D eigenvalue weighted by Crippen LogP contribution is -2.35. The van der Waals surface area contributed by atoms with Gasteiger partial charge in [0.2, 0.25) is 0 Å². The molecule has 0 unspecified atom stereocenters. The van der Waals surface area contributed by atoms with E-state index in [1.807, 2.05) is 26.0 Å². The first-order chi connectivity index (χ1) is 7.24. The van der Waals surface area contributed by atoms with Crippen LogP contribution in [0.15, 0.2) is 24.3 Å². The summed E-state index contributed by atoms with van der Waals surface area (Å²) in [6.07, 6.45) is 0. The topological polar surface area (TPSA) is 40.5 Å². The molecule has 1 aromatic carbocycles. The van der Waals surface area contributed by atoms with Gasteiger partial charge in [0.25, 0.3) is 5.91 Å². The van der Waals surface area contributed by atoms with Crippen LogP contribution in [0, 0.1) is 0 Å². The molecule has 0 aliphatic heterocycles. The molecular weight excluding hydrogens is 189 g/mol. The highest BCUT2D eigenvalue weighted by Gasteiger charge is 2.15. The predicted octanol–water partition coefficient (Wildman–Crippen LogP) is 0.138. The number of amides is 1. The van der Waals surface area contributed by atoms with Gasteiger partial charge in [-0.05, 0) is 25.4 Å². The molecule has 0 bridgehead atoms. The van der Waals surface area contributed by atoms with Crippen molar-refractivity contribution in [2.24, 2.45) is 0 Å². The molecule has 3 nitrogen and oxygen atoms in total. The maximum atomic E-state index is 12.0. The molecule has 0 aromatic heterocycles. The van der Waals surface area contributed by atoms with Gasteiger partial charge in [0.1, 0.15) is 0 Å². The van der Waals surface area contributed by atoms with Crippen molar-refractivity contribution >= 4 is 18.9 Å². The standard InChI is InChI=1S/C11H16BNO2/c1-3-13(4-2)11(14)9-7-5-6-8-10(9)12-15/h5-8,12,15H,3-4H2,1-2H3. The molecule has 0 radical (unpaired) electrons. The summed E-state index contributed by atoms with van der Waals surface area (Å²) in [4.78, 5) is 13.7. The molecule has 0 heterocycles. The second kappa shape index (κ2) is 5.56. The summed E-state index contributed by atoms with van der Waals surface area (Å²) in [6, 6.07) is 7.17. The van der Waals surface area contributed by atoms with E-state index in [1.54, 1.807) is 17.0 Å². The average Bonchev–Trinajstić information content (AvgIpc) is 2.30. The van der Waals surface area contributed by atoms with Crippen LogP contribution >= 0.6 is 0 Å². The number of hydrogen-bond donors (Lipinski definition) is 1. The lowest BCUT2D eigenvalue weighted by molar-refractivity contribution is 0.0774. The molecule has 0 atom stereocenters. The molecule has 0 spiro atoms. The normalized spacial score (nSPS) is 9.80. The smallest absolute Gasteiger partial charge is 0.305 e. The molecule has 0 aliphatic carbocycles. The SMILES string of the molecule is CCN(CC)C(=O)c1ccccc1BO. The maximum Gasteiger partial charge on any atom is 0.305 e. The number of nitrogens with zero attached hydrogens (tertiary/aromatic N) is 1. The monoisotopic (exact) mass is 205 g/mol. The highest BCUT2D eigenvalue weighted by molar-refractivity contribution is 6.48. The van der Waals surface area contributed by atoms with Crippen molar-refractivity contribution < 1.29 is 9.82 Å². The maximum absolute atomic E-state index is 12.0. The van der Waals surface area contributed by atoms with E-state index in [0.29, 0.717) is 24.1 Å². The van der Waals surface area contributed by atoms with E-state index >= 15 is 0 Å². The molecule has 0 aliphatic rings. The van der Waals surface area contributed by atoms with Crippen molar-refractivity contribution in [3.8, 4) is 0 Å². The van der Waals surface area contributed by atoms with Gasteiger partial charge in [-0.3, -0.25) is 4.79 Å². The molecular formula is C11H16BNO2. The van der Waals surface area contributed by atoms with Crippen molar-refractivity contribution in [2.75, 3.05) is 13.1 Å². The highest BCUT2D eigenvalue weighted by atomic mass is 16.2. The number of hydrogen-bond acceptors (Lipinski definition) is 2. The fourth-order valence-corrected chi connectivity index (χ4v) is 1.55. The summed E-state index contributed by atoms with van der Waals surface area (Å²) in [5.41, 5.74) is 1.29. The van der Waals surface area contributed by atoms with Crippen molar-refractivity contribution in [3.63, 3.8) is 0 Å². The van der Waals surface area contributed by atoms with Gasteiger partial charge >= 0.3 is 7.48 Å². The Morgan fingerprint density at radius 3 is 2.47 bits per heavy atom. The van der Waals surface area contributed by atoms with Gasteiger partial charge in [0.05, 0.1) is 0 Å². The molecule has 1 amide bonds. The van der Waals surface area contributed by atoms with Gasteiger partial charge in [0.15, 0.2) is 0 Å². The third-order valence-corrected chi connectivity index (χ3v) is 2.47. The Hall–Kier alpha value is -1.29. The molecule has 4 heteroatoms. The molecule has 1 N–H and O–H groups in total. The van der Waals surface area contributed by atoms with E-state index in [0.717, 1.165) is 0 Å². The summed E-state index contributed by atoms with van der Waals surface area (Å²) < 4.78 is 0. The second-order valence-electron chi connectivity index (χ2n) is 3.29. The molecule has 80 valence electrons. The van der Waals surface area contributed by atoms with E-state index in [-0.39, 0.29) is 13.4 Å². The van der Waals surface area contributed by atoms with Crippen LogP contribution in [-0.2, 0) is 0 Å². The minimum Gasteiger partial charge on any atom is -0.449 e. The van der Waals surface area contributed by atoms with Crippen LogP contribution in [0.4, 0.5) is 0 Å². The Balaban J connectivity index is 2.99. The third kappa shape index (κ3) is 2.60. The Morgan fingerprint density at radius 1 is 1.33 bits per heavy atom. The summed E-state index contributed by atoms with van der Waals surface area (Å²) >= 11 is 0. The van der Waals surface area contributed by atoms with Gasteiger partial charge in [-0.2, -0.15) is 0 Å². The van der Waals surface area contributed by atoms with Crippen LogP contribution in [0.1, 0.15) is 24.2 Å². The van der Waals surface area contributed by atoms with E-state index < -0.39 is 0 Å². The predicted molar refractivity (Wildman–Crippen MR) is 62.7 cm³/mol. The Bertz CT molecular complexity index is 337. The fraction of sp³-hybridized carbons (Fsp3) is 0.364. The molecule has 1 aromatic rings. The van der Waals surface area contributed by atoms with Crippen LogP contribution in [-0.4, -0.2) is 36.4 Å². The Kier molecular flexibility index (Phi) is 4.37. The fourth-order valence-electron chi connectivity index (χ4n) is 1.55. The van der Waals surface area contributed by atoms with E-state index in [9.17, 15) is 4.79 Å². The van der Waals surface area contributed by atoms with Crippen LogP contribution in [0.5, 0.6) is 0 Å². The number of carbonyl (C=O) groups is 1. The molecule has 0 fully saturated rings. The summed E-state index contributed by atoms with van der Waals surface area (Å²) in [5, 5.41) is 9.12. The second-order valence-corrected chi connectivity index (χ2v) is 3.29. The lowest BCUT2D eigenvalue weighted by atomic mass is 9.84. The van der Waals surface area contributed by atoms with Crippen LogP contribution < -0.4 is 5.46 Å².